The lowest BCUT2D eigenvalue weighted by molar-refractivity contribution is -0.399. The Hall–Kier alpha value is -5.06. The summed E-state index contributed by atoms with van der Waals surface area (Å²) >= 11 is 0. The van der Waals surface area contributed by atoms with Gasteiger partial charge in [0.25, 0.3) is 5.79 Å². The maximum Gasteiger partial charge on any atom is 0.364 e. The average molecular weight is 1930 g/mol. The predicted octanol–water partition coefficient (Wildman–Crippen LogP) is -22.9. The Labute approximate surface area is 746 Å². The SMILES string of the molecule is CC(=O)N[C@@H]1[C@@H](O)[C@H](O[C@@H]2O[C@H](CO)[C@@H](O[C@@H]3O[C@H](CO[C@H]4O[C@H](CO)[C@@H](O)[C@H](O)[C@@H]4O[C@@H]4O[C@H](CO)[C@@H](O)[C@H](O)[C@H]4NC(C)=O)[C@@H](O)[C@H](O[C@H]4O[C@H](CO)[C@@H](O)[C@H](O)[C@@H]4O[C@@H]4O[C@H](CO)[C@@H](O[C@@H]5O[C@H](CO[C@]6(C(=O)O)C[C@H](O)[C@@H](NC(=O)CO)[C@H]([C@H](O)[C@H](O)CO)O6)[C@H](O)[C@H](O)[C@H]5O)[C@H](O)[C@H]4NC(C)=O)[C@@H]3O)[C@H](O)[C@H]2NC(C)=O)[C@@H](CO[C@H]2O[C@H](C)[C@H](O)[C@H](O)[C@H]2O)O[C@H]1O. The number of ether oxygens (including phenoxy) is 19. The van der Waals surface area contributed by atoms with Crippen LogP contribution in [-0.2, 0) is 119 Å². The first-order valence-corrected chi connectivity index (χ1v) is 41.8. The zero-order chi connectivity index (χ0) is 97.6. The highest BCUT2D eigenvalue weighted by molar-refractivity contribution is 5.78. The van der Waals surface area contributed by atoms with Crippen LogP contribution in [0.25, 0.3) is 0 Å². The Kier molecular flexibility index (Phi) is 39.0. The summed E-state index contributed by atoms with van der Waals surface area (Å²) in [6.07, 6.45) is -98.3. The molecule has 59 heteroatoms. The zero-order valence-corrected chi connectivity index (χ0v) is 70.8. The molecule has 0 bridgehead atoms. The van der Waals surface area contributed by atoms with Crippen molar-refractivity contribution in [3.63, 3.8) is 0 Å². The molecule has 0 spiro atoms. The van der Waals surface area contributed by atoms with E-state index in [4.69, 9.17) is 90.0 Å². The van der Waals surface area contributed by atoms with Gasteiger partial charge in [-0.2, -0.15) is 0 Å². The highest BCUT2D eigenvalue weighted by Gasteiger charge is 2.63. The first-order chi connectivity index (χ1) is 62.2. The van der Waals surface area contributed by atoms with Gasteiger partial charge in [0.15, 0.2) is 56.6 Å². The van der Waals surface area contributed by atoms with E-state index in [1.54, 1.807) is 0 Å². The molecule has 0 radical (unpaired) electrons. The van der Waals surface area contributed by atoms with Crippen molar-refractivity contribution in [1.82, 2.24) is 26.6 Å². The van der Waals surface area contributed by atoms with Gasteiger partial charge < -0.3 is 265 Å². The number of aliphatic hydroxyl groups excluding tert-OH is 28. The van der Waals surface area contributed by atoms with E-state index < -0.39 is 420 Å². The van der Waals surface area contributed by atoms with Gasteiger partial charge in [0, 0.05) is 34.1 Å². The van der Waals surface area contributed by atoms with Gasteiger partial charge in [-0.25, -0.2) is 4.79 Å². The Morgan fingerprint density at radius 1 is 0.341 bits per heavy atom. The summed E-state index contributed by atoms with van der Waals surface area (Å²) in [5.41, 5.74) is 0. The summed E-state index contributed by atoms with van der Waals surface area (Å²) < 4.78 is 113. The molecule has 762 valence electrons. The van der Waals surface area contributed by atoms with Crippen molar-refractivity contribution in [2.45, 2.75) is 353 Å². The summed E-state index contributed by atoms with van der Waals surface area (Å²) in [7, 11) is 0. The average Bonchev–Trinajstić information content (AvgIpc) is 0.767. The maximum atomic E-state index is 13.3. The van der Waals surface area contributed by atoms with Gasteiger partial charge in [0.2, 0.25) is 29.5 Å². The van der Waals surface area contributed by atoms with Crippen LogP contribution >= 0.6 is 0 Å². The summed E-state index contributed by atoms with van der Waals surface area (Å²) in [6, 6.07) is -9.58. The first-order valence-electron chi connectivity index (χ1n) is 41.8. The lowest BCUT2D eigenvalue weighted by Crippen LogP contribution is -2.71. The number of carboxylic acid groups (broad SMARTS) is 1. The summed E-state index contributed by atoms with van der Waals surface area (Å²) in [4.78, 5) is 76.9. The van der Waals surface area contributed by atoms with Crippen molar-refractivity contribution in [1.29, 1.82) is 0 Å². The molecule has 0 aromatic carbocycles. The fraction of sp³-hybridized carbons (Fsp3) is 0.918. The van der Waals surface area contributed by atoms with Crippen LogP contribution in [0.3, 0.4) is 0 Å². The standard InChI is InChI=1S/C73H121N5O54/c1-17-38(93)49(104)53(108)67(117-17)114-15-31-58(46(101)34(63(111)118-31)74-18(2)86)126-65-36(76-20(4)88)47(102)57(28(12-84)122-65)128-69-55(110)60(44(99)29(124-69)14-115-70-61(51(106)41(96)25(9-81)120-70)130-64-35(75-19(3)87)45(100)40(95)24(8-80)119-64)129-71-62(52(107)42(97)26(10-82)121-71)131-66-37(77-21(5)89)48(103)56(27(11-83)123-66)127-68-54(109)50(105)43(98)30(125-68)16-116-73(72(112)113)6-22(90)33(78-32(92)13-85)59(132-73)39(94)23(91)7-79/h17,22-31,33-71,79-85,90-91,93-111H,6-16H2,1-5H3,(H,74,86)(H,75,87)(H,76,88)(H,77,89)(H,78,92)(H,112,113)/t17-,22+,23-,24-,25-,26-,27-,28-,29-,30-,31-,33-,34-,35-,36-,37-,38+,39-,40-,41-,42-,43+,44-,45-,46-,47-,48-,49+,50+,51+,52+,53-,54-,55+,56-,57-,58-,59-,60+,61+,62+,63-,64+,65+,66+,67+,68+,69+,70+,71-,73-/m1/s1. The second-order valence-electron chi connectivity index (χ2n) is 33.2. The highest BCUT2D eigenvalue weighted by Crippen LogP contribution is 2.42. The Balaban J connectivity index is 0.959. The van der Waals surface area contributed by atoms with Crippen molar-refractivity contribution in [3.8, 4) is 0 Å². The number of amides is 5. The number of hydrogen-bond acceptors (Lipinski definition) is 53. The van der Waals surface area contributed by atoms with Crippen LogP contribution in [0.4, 0.5) is 0 Å². The molecule has 0 aromatic rings. The molecular formula is C73H121N5O54. The third-order valence-corrected chi connectivity index (χ3v) is 23.9. The fourth-order valence-electron chi connectivity index (χ4n) is 16.8. The Morgan fingerprint density at radius 2 is 0.712 bits per heavy atom. The maximum absolute atomic E-state index is 13.3. The minimum Gasteiger partial charge on any atom is -0.477 e. The largest absolute Gasteiger partial charge is 0.477 e. The number of hydrogen-bond donors (Lipinski definition) is 34. The lowest BCUT2D eigenvalue weighted by atomic mass is 9.88. The quantitative estimate of drug-likeness (QED) is 0.0277. The van der Waals surface area contributed by atoms with Gasteiger partial charge in [-0.15, -0.1) is 0 Å². The molecule has 5 amide bonds. The van der Waals surface area contributed by atoms with Crippen molar-refractivity contribution in [2.24, 2.45) is 0 Å². The molecule has 0 unspecified atom stereocenters. The number of rotatable bonds is 36. The van der Waals surface area contributed by atoms with E-state index >= 15 is 0 Å². The number of nitrogens with one attached hydrogen (secondary N) is 5. The Bertz CT molecular complexity index is 3680. The molecule has 10 saturated heterocycles. The second-order valence-corrected chi connectivity index (χ2v) is 33.2. The van der Waals surface area contributed by atoms with E-state index in [1.807, 2.05) is 0 Å². The van der Waals surface area contributed by atoms with E-state index in [9.17, 15) is 177 Å². The first kappa shape index (κ1) is 109. The number of aliphatic hydroxyl groups is 28. The van der Waals surface area contributed by atoms with Crippen LogP contribution in [0.2, 0.25) is 0 Å². The molecule has 10 aliphatic heterocycles. The van der Waals surface area contributed by atoms with Gasteiger partial charge in [0.1, 0.15) is 238 Å². The molecule has 59 nitrogen and oxygen atoms in total. The fourth-order valence-corrected chi connectivity index (χ4v) is 16.8. The van der Waals surface area contributed by atoms with Crippen molar-refractivity contribution < 1.29 is 267 Å². The molecule has 0 aromatic heterocycles. The molecule has 34 N–H and O–H groups in total. The van der Waals surface area contributed by atoms with Crippen LogP contribution in [0.1, 0.15) is 41.0 Å². The van der Waals surface area contributed by atoms with Crippen molar-refractivity contribution >= 4 is 35.5 Å². The monoisotopic (exact) mass is 1930 g/mol. The lowest BCUT2D eigenvalue weighted by Gasteiger charge is -2.51. The van der Waals surface area contributed by atoms with Crippen LogP contribution in [-0.4, -0.2) is 562 Å². The van der Waals surface area contributed by atoms with Gasteiger partial charge >= 0.3 is 5.97 Å². The molecule has 132 heavy (non-hydrogen) atoms. The molecule has 10 heterocycles. The molecule has 10 rings (SSSR count). The van der Waals surface area contributed by atoms with E-state index in [2.05, 4.69) is 26.6 Å². The molecule has 0 saturated carbocycles. The highest BCUT2D eigenvalue weighted by atomic mass is 16.8. The zero-order valence-electron chi connectivity index (χ0n) is 70.8. The van der Waals surface area contributed by atoms with E-state index in [1.165, 1.54) is 6.92 Å². The third kappa shape index (κ3) is 24.3. The second kappa shape index (κ2) is 47.3. The molecular weight excluding hydrogens is 1810 g/mol. The van der Waals surface area contributed by atoms with E-state index in [0.717, 1.165) is 27.7 Å². The number of carbonyl (C=O) groups excluding carboxylic acids is 5. The van der Waals surface area contributed by atoms with Crippen LogP contribution < -0.4 is 26.6 Å². The van der Waals surface area contributed by atoms with Crippen LogP contribution in [0, 0.1) is 0 Å². The van der Waals surface area contributed by atoms with Gasteiger partial charge in [0.05, 0.1) is 77.7 Å². The van der Waals surface area contributed by atoms with Crippen LogP contribution in [0.15, 0.2) is 0 Å². The molecule has 51 atom stereocenters. The van der Waals surface area contributed by atoms with Gasteiger partial charge in [-0.1, -0.05) is 0 Å². The number of carboxylic acids is 1. The summed E-state index contributed by atoms with van der Waals surface area (Å²) in [5, 5.41) is 335. The van der Waals surface area contributed by atoms with Gasteiger partial charge in [-0.05, 0) is 6.92 Å². The number of carbonyl (C=O) groups is 6. The summed E-state index contributed by atoms with van der Waals surface area (Å²) in [5.74, 6) is -10.3. The Morgan fingerprint density at radius 3 is 1.20 bits per heavy atom. The smallest absolute Gasteiger partial charge is 0.364 e. The van der Waals surface area contributed by atoms with E-state index in [0.29, 0.717) is 0 Å². The van der Waals surface area contributed by atoms with Crippen molar-refractivity contribution in [3.05, 3.63) is 0 Å². The minimum absolute atomic E-state index is 0.854. The minimum atomic E-state index is -3.17. The van der Waals surface area contributed by atoms with E-state index in [-0.39, 0.29) is 0 Å². The van der Waals surface area contributed by atoms with Gasteiger partial charge in [-0.3, -0.25) is 24.0 Å². The van der Waals surface area contributed by atoms with Crippen LogP contribution in [0.5, 0.6) is 0 Å². The topological polar surface area (TPSA) is 925 Å². The molecule has 10 fully saturated rings. The predicted molar refractivity (Wildman–Crippen MR) is 405 cm³/mol. The molecule has 10 aliphatic rings. The molecule has 0 aliphatic carbocycles. The normalized spacial score (nSPS) is 47.2. The number of aliphatic carboxylic acids is 1. The summed E-state index contributed by atoms with van der Waals surface area (Å²) in [6.45, 7) is -6.81. The third-order valence-electron chi connectivity index (χ3n) is 23.9. The van der Waals surface area contributed by atoms with Crippen molar-refractivity contribution in [2.75, 3.05) is 66.1 Å².